The molecule has 0 N–H and O–H groups in total. The third kappa shape index (κ3) is 3.50. The number of rotatable bonds is 4. The highest BCUT2D eigenvalue weighted by atomic mass is 32.1. The van der Waals surface area contributed by atoms with Crippen molar-refractivity contribution in [2.24, 2.45) is 0 Å². The lowest BCUT2D eigenvalue weighted by Crippen LogP contribution is -2.03. The summed E-state index contributed by atoms with van der Waals surface area (Å²) in [5.74, 6) is -0.460. The van der Waals surface area contributed by atoms with E-state index >= 15 is 0 Å². The summed E-state index contributed by atoms with van der Waals surface area (Å²) in [5.41, 5.74) is 0.277. The van der Waals surface area contributed by atoms with Gasteiger partial charge in [0, 0.05) is 15.7 Å². The molecule has 0 atom stereocenters. The molecule has 1 aromatic heterocycles. The Hall–Kier alpha value is -1.82. The van der Waals surface area contributed by atoms with E-state index in [1.54, 1.807) is 13.0 Å². The van der Waals surface area contributed by atoms with Crippen LogP contribution in [0.15, 0.2) is 24.3 Å². The molecule has 118 valence electrons. The molecule has 0 spiro atoms. The van der Waals surface area contributed by atoms with Crippen LogP contribution in [0.2, 0.25) is 0 Å². The second kappa shape index (κ2) is 6.52. The van der Waals surface area contributed by atoms with Gasteiger partial charge in [-0.05, 0) is 42.5 Å². The molecule has 0 fully saturated rings. The predicted octanol–water partition coefficient (Wildman–Crippen LogP) is 5.06. The first-order chi connectivity index (χ1) is 10.4. The molecular weight excluding hydrogens is 313 g/mol. The Bertz CT molecular complexity index is 714. The van der Waals surface area contributed by atoms with Crippen molar-refractivity contribution in [2.45, 2.75) is 26.4 Å². The fourth-order valence-corrected chi connectivity index (χ4v) is 3.42. The summed E-state index contributed by atoms with van der Waals surface area (Å²) >= 11 is 1.24. The van der Waals surface area contributed by atoms with Crippen LogP contribution in [0.25, 0.3) is 16.2 Å². The second-order valence-corrected chi connectivity index (χ2v) is 5.68. The zero-order chi connectivity index (χ0) is 16.3. The molecule has 0 saturated carbocycles. The third-order valence-corrected chi connectivity index (χ3v) is 4.32. The number of carbonyl (C=O) groups excluding carboxylic acids is 1. The standard InChI is InChI=1S/C16H15F3O2S/c1-3-11-12-6-5-10(16(17,18)19)9-14(12)22-13(11)7-8-15(20)21-4-2/h5-9H,3-4H2,1-2H3/b8-7+. The van der Waals surface area contributed by atoms with Gasteiger partial charge in [0.15, 0.2) is 0 Å². The first-order valence-electron chi connectivity index (χ1n) is 6.84. The molecule has 0 radical (unpaired) electrons. The molecule has 0 aliphatic heterocycles. The Labute approximate surface area is 130 Å². The number of fused-ring (bicyclic) bond motifs is 1. The second-order valence-electron chi connectivity index (χ2n) is 4.59. The van der Waals surface area contributed by atoms with Gasteiger partial charge in [0.25, 0.3) is 0 Å². The summed E-state index contributed by atoms with van der Waals surface area (Å²) in [6.07, 6.45) is -0.772. The number of hydrogen-bond acceptors (Lipinski definition) is 3. The lowest BCUT2D eigenvalue weighted by molar-refractivity contribution is -0.138. The lowest BCUT2D eigenvalue weighted by Gasteiger charge is -2.06. The van der Waals surface area contributed by atoms with Crippen molar-refractivity contribution < 1.29 is 22.7 Å². The van der Waals surface area contributed by atoms with E-state index in [1.807, 2.05) is 6.92 Å². The number of esters is 1. The minimum absolute atomic E-state index is 0.283. The number of alkyl halides is 3. The van der Waals surface area contributed by atoms with Crippen LogP contribution in [0.4, 0.5) is 13.2 Å². The van der Waals surface area contributed by atoms with Gasteiger partial charge in [0.05, 0.1) is 12.2 Å². The first-order valence-corrected chi connectivity index (χ1v) is 7.66. The van der Waals surface area contributed by atoms with E-state index in [4.69, 9.17) is 4.74 Å². The number of carbonyl (C=O) groups is 1. The summed E-state index contributed by atoms with van der Waals surface area (Å²) in [4.78, 5) is 12.1. The van der Waals surface area contributed by atoms with Crippen LogP contribution in [0.5, 0.6) is 0 Å². The Balaban J connectivity index is 2.45. The van der Waals surface area contributed by atoms with Crippen LogP contribution in [-0.4, -0.2) is 12.6 Å². The maximum atomic E-state index is 12.8. The van der Waals surface area contributed by atoms with Gasteiger partial charge in [-0.1, -0.05) is 13.0 Å². The van der Waals surface area contributed by atoms with Gasteiger partial charge in [-0.25, -0.2) is 4.79 Å². The first kappa shape index (κ1) is 16.5. The highest BCUT2D eigenvalue weighted by Gasteiger charge is 2.30. The van der Waals surface area contributed by atoms with Gasteiger partial charge in [-0.15, -0.1) is 11.3 Å². The number of thiophene rings is 1. The van der Waals surface area contributed by atoms with Crippen LogP contribution >= 0.6 is 11.3 Å². The van der Waals surface area contributed by atoms with Crippen molar-refractivity contribution in [3.05, 3.63) is 40.3 Å². The normalized spacial score (nSPS) is 12.2. The fourth-order valence-electron chi connectivity index (χ4n) is 2.18. The fraction of sp³-hybridized carbons (Fsp3) is 0.312. The summed E-state index contributed by atoms with van der Waals surface area (Å²) in [5, 5.41) is 0.795. The molecule has 1 heterocycles. The lowest BCUT2D eigenvalue weighted by atomic mass is 10.1. The highest BCUT2D eigenvalue weighted by molar-refractivity contribution is 7.20. The third-order valence-electron chi connectivity index (χ3n) is 3.16. The predicted molar refractivity (Wildman–Crippen MR) is 81.9 cm³/mol. The van der Waals surface area contributed by atoms with Gasteiger partial charge in [-0.2, -0.15) is 13.2 Å². The van der Waals surface area contributed by atoms with E-state index in [9.17, 15) is 18.0 Å². The summed E-state index contributed by atoms with van der Waals surface area (Å²) in [7, 11) is 0. The van der Waals surface area contributed by atoms with E-state index in [-0.39, 0.29) is 6.61 Å². The molecule has 0 saturated heterocycles. The van der Waals surface area contributed by atoms with Gasteiger partial charge in [0.2, 0.25) is 0 Å². The minimum Gasteiger partial charge on any atom is -0.463 e. The molecule has 6 heteroatoms. The average molecular weight is 328 g/mol. The molecule has 22 heavy (non-hydrogen) atoms. The Morgan fingerprint density at radius 3 is 2.64 bits per heavy atom. The number of ether oxygens (including phenoxy) is 1. The van der Waals surface area contributed by atoms with Gasteiger partial charge >= 0.3 is 12.1 Å². The minimum atomic E-state index is -4.36. The van der Waals surface area contributed by atoms with E-state index in [0.29, 0.717) is 11.1 Å². The molecule has 0 amide bonds. The van der Waals surface area contributed by atoms with Gasteiger partial charge in [-0.3, -0.25) is 0 Å². The number of hydrogen-bond donors (Lipinski definition) is 0. The summed E-state index contributed by atoms with van der Waals surface area (Å²) < 4.78 is 43.7. The van der Waals surface area contributed by atoms with Gasteiger partial charge < -0.3 is 4.74 Å². The van der Waals surface area contributed by atoms with Crippen LogP contribution < -0.4 is 0 Å². The quantitative estimate of drug-likeness (QED) is 0.579. The van der Waals surface area contributed by atoms with Crippen molar-refractivity contribution in [2.75, 3.05) is 6.61 Å². The van der Waals surface area contributed by atoms with Crippen LogP contribution in [0.1, 0.15) is 29.9 Å². The van der Waals surface area contributed by atoms with Crippen LogP contribution in [-0.2, 0) is 22.1 Å². The summed E-state index contributed by atoms with van der Waals surface area (Å²) in [6, 6.07) is 3.74. The Morgan fingerprint density at radius 1 is 1.32 bits per heavy atom. The summed E-state index contributed by atoms with van der Waals surface area (Å²) in [6.45, 7) is 3.92. The molecule has 0 aliphatic rings. The SMILES string of the molecule is CCOC(=O)/C=C/c1sc2cc(C(F)(F)F)ccc2c1CC. The largest absolute Gasteiger partial charge is 0.463 e. The average Bonchev–Trinajstić information content (AvgIpc) is 2.81. The smallest absolute Gasteiger partial charge is 0.416 e. The van der Waals surface area contributed by atoms with E-state index in [1.165, 1.54) is 23.5 Å². The van der Waals surface area contributed by atoms with E-state index < -0.39 is 17.7 Å². The molecule has 0 unspecified atom stereocenters. The van der Waals surface area contributed by atoms with Crippen molar-refractivity contribution >= 4 is 33.5 Å². The number of aryl methyl sites for hydroxylation is 1. The molecule has 2 nitrogen and oxygen atoms in total. The van der Waals surface area contributed by atoms with E-state index in [0.717, 1.165) is 28.0 Å². The molecule has 1 aromatic carbocycles. The maximum Gasteiger partial charge on any atom is 0.416 e. The van der Waals surface area contributed by atoms with Crippen molar-refractivity contribution in [3.8, 4) is 0 Å². The maximum absolute atomic E-state index is 12.8. The molecule has 2 rings (SSSR count). The van der Waals surface area contributed by atoms with Crippen molar-refractivity contribution in [1.82, 2.24) is 0 Å². The van der Waals surface area contributed by atoms with Crippen LogP contribution in [0, 0.1) is 0 Å². The molecular formula is C16H15F3O2S. The number of halogens is 3. The highest BCUT2D eigenvalue weighted by Crippen LogP contribution is 2.37. The topological polar surface area (TPSA) is 26.3 Å². The monoisotopic (exact) mass is 328 g/mol. The Morgan fingerprint density at radius 2 is 2.05 bits per heavy atom. The van der Waals surface area contributed by atoms with Gasteiger partial charge in [0.1, 0.15) is 0 Å². The zero-order valence-electron chi connectivity index (χ0n) is 12.2. The van der Waals surface area contributed by atoms with Crippen molar-refractivity contribution in [1.29, 1.82) is 0 Å². The zero-order valence-corrected chi connectivity index (χ0v) is 13.0. The van der Waals surface area contributed by atoms with Crippen molar-refractivity contribution in [3.63, 3.8) is 0 Å². The Kier molecular flexibility index (Phi) is 4.90. The number of benzene rings is 1. The molecule has 0 bridgehead atoms. The molecule has 0 aliphatic carbocycles. The molecule has 2 aromatic rings. The van der Waals surface area contributed by atoms with E-state index in [2.05, 4.69) is 0 Å². The van der Waals surface area contributed by atoms with Crippen LogP contribution in [0.3, 0.4) is 0 Å².